The fraction of sp³-hybridized carbons (Fsp3) is 0.692. The first-order chi connectivity index (χ1) is 8.46. The van der Waals surface area contributed by atoms with E-state index in [2.05, 4.69) is 23.8 Å². The Bertz CT molecular complexity index is 407. The third-order valence-electron chi connectivity index (χ3n) is 2.94. The number of rotatable bonds is 4. The zero-order valence-electron chi connectivity index (χ0n) is 11.3. The average molecular weight is 251 g/mol. The summed E-state index contributed by atoms with van der Waals surface area (Å²) >= 11 is 0. The van der Waals surface area contributed by atoms with E-state index in [9.17, 15) is 5.11 Å². The summed E-state index contributed by atoms with van der Waals surface area (Å²) in [6.45, 7) is 8.06. The Labute approximate surface area is 108 Å². The first-order valence-electron chi connectivity index (χ1n) is 6.38. The molecule has 0 bridgehead atoms. The molecule has 2 heterocycles. The van der Waals surface area contributed by atoms with Crippen LogP contribution in [0.1, 0.15) is 27.2 Å². The van der Waals surface area contributed by atoms with Crippen LogP contribution < -0.4 is 9.64 Å². The van der Waals surface area contributed by atoms with Gasteiger partial charge in [-0.3, -0.25) is 4.98 Å². The van der Waals surface area contributed by atoms with E-state index in [1.165, 1.54) is 0 Å². The van der Waals surface area contributed by atoms with E-state index in [1.54, 1.807) is 12.4 Å². The molecule has 1 saturated heterocycles. The molecule has 1 atom stereocenters. The van der Waals surface area contributed by atoms with Crippen LogP contribution in [0.15, 0.2) is 12.4 Å². The van der Waals surface area contributed by atoms with Gasteiger partial charge in [-0.15, -0.1) is 0 Å². The van der Waals surface area contributed by atoms with Crippen LogP contribution >= 0.6 is 0 Å². The highest BCUT2D eigenvalue weighted by Crippen LogP contribution is 2.25. The Kier molecular flexibility index (Phi) is 3.71. The van der Waals surface area contributed by atoms with E-state index < -0.39 is 5.60 Å². The first-order valence-corrected chi connectivity index (χ1v) is 6.38. The lowest BCUT2D eigenvalue weighted by atomic mass is 10.1. The zero-order valence-corrected chi connectivity index (χ0v) is 11.3. The molecule has 1 aromatic heterocycles. The molecule has 0 aromatic carbocycles. The lowest BCUT2D eigenvalue weighted by Gasteiger charge is -2.19. The molecule has 2 rings (SSSR count). The largest absolute Gasteiger partial charge is 0.476 e. The highest BCUT2D eigenvalue weighted by molar-refractivity contribution is 5.39. The lowest BCUT2D eigenvalue weighted by Crippen LogP contribution is -2.30. The highest BCUT2D eigenvalue weighted by Gasteiger charge is 2.32. The number of nitrogens with zero attached hydrogens (tertiary/aromatic N) is 3. The summed E-state index contributed by atoms with van der Waals surface area (Å²) in [4.78, 5) is 10.6. The highest BCUT2D eigenvalue weighted by atomic mass is 16.5. The number of β-amino-alcohol motifs (C(OH)–C–C–N with tert-alkyl or cyclic N) is 1. The van der Waals surface area contributed by atoms with Crippen molar-refractivity contribution in [3.63, 3.8) is 0 Å². The van der Waals surface area contributed by atoms with Gasteiger partial charge in [-0.1, -0.05) is 13.8 Å². The topological polar surface area (TPSA) is 58.5 Å². The first kappa shape index (κ1) is 13.1. The van der Waals surface area contributed by atoms with E-state index in [4.69, 9.17) is 4.74 Å². The fourth-order valence-electron chi connectivity index (χ4n) is 1.95. The Hall–Kier alpha value is -1.36. The van der Waals surface area contributed by atoms with Crippen LogP contribution in [-0.2, 0) is 0 Å². The summed E-state index contributed by atoms with van der Waals surface area (Å²) in [7, 11) is 0. The van der Waals surface area contributed by atoms with Gasteiger partial charge in [0.2, 0.25) is 5.88 Å². The third kappa shape index (κ3) is 3.32. The second-order valence-electron chi connectivity index (χ2n) is 5.59. The standard InChI is InChI=1S/C13H21N3O2/c1-10(2)8-18-12-7-14-6-11(15-12)16-5-4-13(3,17)9-16/h6-7,10,17H,4-5,8-9H2,1-3H3. The molecule has 0 radical (unpaired) electrons. The summed E-state index contributed by atoms with van der Waals surface area (Å²) in [5, 5.41) is 9.95. The molecule has 1 fully saturated rings. The second kappa shape index (κ2) is 5.10. The number of aromatic nitrogens is 2. The number of anilines is 1. The van der Waals surface area contributed by atoms with Gasteiger partial charge in [0, 0.05) is 13.1 Å². The Morgan fingerprint density at radius 2 is 2.28 bits per heavy atom. The second-order valence-corrected chi connectivity index (χ2v) is 5.59. The molecular weight excluding hydrogens is 230 g/mol. The van der Waals surface area contributed by atoms with Crippen LogP contribution in [0.4, 0.5) is 5.82 Å². The number of hydrogen-bond donors (Lipinski definition) is 1. The third-order valence-corrected chi connectivity index (χ3v) is 2.94. The predicted molar refractivity (Wildman–Crippen MR) is 69.8 cm³/mol. The van der Waals surface area contributed by atoms with Crippen molar-refractivity contribution >= 4 is 5.82 Å². The molecule has 1 aliphatic rings. The van der Waals surface area contributed by atoms with Gasteiger partial charge in [0.15, 0.2) is 5.82 Å². The van der Waals surface area contributed by atoms with E-state index in [0.29, 0.717) is 24.9 Å². The summed E-state index contributed by atoms with van der Waals surface area (Å²) in [5.41, 5.74) is -0.628. The molecule has 0 amide bonds. The van der Waals surface area contributed by atoms with Crippen molar-refractivity contribution in [2.24, 2.45) is 5.92 Å². The maximum absolute atomic E-state index is 9.95. The van der Waals surface area contributed by atoms with Gasteiger partial charge >= 0.3 is 0 Å². The maximum Gasteiger partial charge on any atom is 0.234 e. The van der Waals surface area contributed by atoms with Gasteiger partial charge < -0.3 is 14.7 Å². The molecule has 1 N–H and O–H groups in total. The average Bonchev–Trinajstić information content (AvgIpc) is 2.67. The Morgan fingerprint density at radius 1 is 1.50 bits per heavy atom. The fourth-order valence-corrected chi connectivity index (χ4v) is 1.95. The summed E-state index contributed by atoms with van der Waals surface area (Å²) < 4.78 is 5.56. The van der Waals surface area contributed by atoms with Crippen LogP contribution in [0.2, 0.25) is 0 Å². The van der Waals surface area contributed by atoms with Crippen molar-refractivity contribution in [3.05, 3.63) is 12.4 Å². The number of hydrogen-bond acceptors (Lipinski definition) is 5. The lowest BCUT2D eigenvalue weighted by molar-refractivity contribution is 0.0839. The molecule has 5 heteroatoms. The van der Waals surface area contributed by atoms with E-state index in [1.807, 2.05) is 11.8 Å². The van der Waals surface area contributed by atoms with Crippen molar-refractivity contribution in [2.75, 3.05) is 24.6 Å². The van der Waals surface area contributed by atoms with Crippen molar-refractivity contribution in [1.82, 2.24) is 9.97 Å². The van der Waals surface area contributed by atoms with Crippen molar-refractivity contribution < 1.29 is 9.84 Å². The smallest absolute Gasteiger partial charge is 0.234 e. The summed E-state index contributed by atoms with van der Waals surface area (Å²) in [6, 6.07) is 0. The molecule has 5 nitrogen and oxygen atoms in total. The molecular formula is C13H21N3O2. The number of aliphatic hydroxyl groups is 1. The molecule has 1 aliphatic heterocycles. The van der Waals surface area contributed by atoms with E-state index in [-0.39, 0.29) is 0 Å². The quantitative estimate of drug-likeness (QED) is 0.878. The summed E-state index contributed by atoms with van der Waals surface area (Å²) in [6.07, 6.45) is 4.09. The van der Waals surface area contributed by atoms with Crippen molar-refractivity contribution in [3.8, 4) is 5.88 Å². The van der Waals surface area contributed by atoms with Crippen molar-refractivity contribution in [1.29, 1.82) is 0 Å². The van der Waals surface area contributed by atoms with Gasteiger partial charge in [0.05, 0.1) is 24.6 Å². The van der Waals surface area contributed by atoms with Crippen molar-refractivity contribution in [2.45, 2.75) is 32.8 Å². The Balaban J connectivity index is 2.03. The summed E-state index contributed by atoms with van der Waals surface area (Å²) in [5.74, 6) is 1.78. The molecule has 1 aromatic rings. The van der Waals surface area contributed by atoms with Crippen LogP contribution in [-0.4, -0.2) is 40.4 Å². The minimum Gasteiger partial charge on any atom is -0.476 e. The minimum atomic E-state index is -0.628. The van der Waals surface area contributed by atoms with Crippen LogP contribution in [0.25, 0.3) is 0 Å². The van der Waals surface area contributed by atoms with Crippen LogP contribution in [0, 0.1) is 5.92 Å². The minimum absolute atomic E-state index is 0.461. The van der Waals surface area contributed by atoms with Crippen LogP contribution in [0.5, 0.6) is 5.88 Å². The van der Waals surface area contributed by atoms with Gasteiger partial charge in [-0.2, -0.15) is 4.98 Å². The SMILES string of the molecule is CC(C)COc1cncc(N2CCC(C)(O)C2)n1. The molecule has 100 valence electrons. The molecule has 18 heavy (non-hydrogen) atoms. The van der Waals surface area contributed by atoms with Gasteiger partial charge in [-0.05, 0) is 19.3 Å². The van der Waals surface area contributed by atoms with Gasteiger partial charge in [-0.25, -0.2) is 0 Å². The van der Waals surface area contributed by atoms with Gasteiger partial charge in [0.25, 0.3) is 0 Å². The van der Waals surface area contributed by atoms with E-state index in [0.717, 1.165) is 18.8 Å². The molecule has 0 saturated carbocycles. The normalized spacial score (nSPS) is 23.7. The Morgan fingerprint density at radius 3 is 2.89 bits per heavy atom. The zero-order chi connectivity index (χ0) is 13.2. The van der Waals surface area contributed by atoms with Gasteiger partial charge in [0.1, 0.15) is 0 Å². The molecule has 1 unspecified atom stereocenters. The molecule has 0 aliphatic carbocycles. The monoisotopic (exact) mass is 251 g/mol. The van der Waals surface area contributed by atoms with E-state index >= 15 is 0 Å². The maximum atomic E-state index is 9.95. The predicted octanol–water partition coefficient (Wildman–Crippen LogP) is 1.47. The number of ether oxygens (including phenoxy) is 1. The molecule has 0 spiro atoms. The van der Waals surface area contributed by atoms with Crippen LogP contribution in [0.3, 0.4) is 0 Å².